The third-order valence-corrected chi connectivity index (χ3v) is 4.07. The first-order valence-corrected chi connectivity index (χ1v) is 6.89. The van der Waals surface area contributed by atoms with E-state index in [2.05, 4.69) is 40.6 Å². The predicted octanol–water partition coefficient (Wildman–Crippen LogP) is 1.28. The number of rotatable bonds is 4. The van der Waals surface area contributed by atoms with Crippen molar-refractivity contribution in [3.8, 4) is 0 Å². The molecule has 0 aliphatic carbocycles. The summed E-state index contributed by atoms with van der Waals surface area (Å²) in [5.41, 5.74) is 0.322. The molecule has 0 aliphatic heterocycles. The van der Waals surface area contributed by atoms with E-state index in [1.165, 1.54) is 4.40 Å². The average molecular weight is 267 g/mol. The van der Waals surface area contributed by atoms with Crippen molar-refractivity contribution in [2.75, 3.05) is 18.1 Å². The zero-order valence-electron chi connectivity index (χ0n) is 10.9. The standard InChI is InChI=1S/C11H17N5OS/c1-7-13-8(12-6-11(2,3)18-4)5-9-14-15-10(17)16(7)9/h5,12H,6H2,1-4H3,(H,15,17). The highest BCUT2D eigenvalue weighted by atomic mass is 32.2. The van der Waals surface area contributed by atoms with Gasteiger partial charge in [-0.2, -0.15) is 16.9 Å². The largest absolute Gasteiger partial charge is 0.369 e. The summed E-state index contributed by atoms with van der Waals surface area (Å²) in [6, 6.07) is 1.77. The van der Waals surface area contributed by atoms with Crippen LogP contribution in [-0.4, -0.2) is 37.1 Å². The molecule has 0 unspecified atom stereocenters. The predicted molar refractivity (Wildman–Crippen MR) is 74.4 cm³/mol. The summed E-state index contributed by atoms with van der Waals surface area (Å²) in [4.78, 5) is 15.8. The van der Waals surface area contributed by atoms with E-state index >= 15 is 0 Å². The normalized spacial score (nSPS) is 12.0. The quantitative estimate of drug-likeness (QED) is 0.873. The Bertz CT molecular complexity index is 615. The summed E-state index contributed by atoms with van der Waals surface area (Å²) >= 11 is 1.79. The summed E-state index contributed by atoms with van der Waals surface area (Å²) in [6.07, 6.45) is 2.08. The maximum atomic E-state index is 11.5. The van der Waals surface area contributed by atoms with Gasteiger partial charge in [0.1, 0.15) is 11.6 Å². The lowest BCUT2D eigenvalue weighted by atomic mass is 10.2. The van der Waals surface area contributed by atoms with E-state index in [1.807, 2.05) is 0 Å². The van der Waals surface area contributed by atoms with Gasteiger partial charge in [0, 0.05) is 17.4 Å². The number of aromatic nitrogens is 4. The van der Waals surface area contributed by atoms with Gasteiger partial charge in [0.05, 0.1) is 0 Å². The van der Waals surface area contributed by atoms with Crippen molar-refractivity contribution < 1.29 is 0 Å². The zero-order chi connectivity index (χ0) is 13.3. The fourth-order valence-corrected chi connectivity index (χ4v) is 1.78. The van der Waals surface area contributed by atoms with Gasteiger partial charge in [-0.3, -0.25) is 0 Å². The lowest BCUT2D eigenvalue weighted by Gasteiger charge is -2.22. The smallest absolute Gasteiger partial charge is 0.349 e. The van der Waals surface area contributed by atoms with E-state index in [0.717, 1.165) is 12.4 Å². The Balaban J connectivity index is 2.28. The van der Waals surface area contributed by atoms with Crippen molar-refractivity contribution in [3.05, 3.63) is 22.4 Å². The fourth-order valence-electron chi connectivity index (χ4n) is 1.56. The van der Waals surface area contributed by atoms with Crippen LogP contribution in [0.1, 0.15) is 19.7 Å². The van der Waals surface area contributed by atoms with E-state index in [9.17, 15) is 4.79 Å². The van der Waals surface area contributed by atoms with Crippen LogP contribution in [0.4, 0.5) is 5.82 Å². The second-order valence-corrected chi connectivity index (χ2v) is 6.24. The molecule has 2 aromatic rings. The molecule has 2 heterocycles. The van der Waals surface area contributed by atoms with Crippen LogP contribution in [0.2, 0.25) is 0 Å². The summed E-state index contributed by atoms with van der Waals surface area (Å²) in [7, 11) is 0. The SMILES string of the molecule is CSC(C)(C)CNc1cc2n[nH]c(=O)n2c(C)n1. The lowest BCUT2D eigenvalue weighted by Crippen LogP contribution is -2.26. The Labute approximate surface area is 109 Å². The van der Waals surface area contributed by atoms with E-state index < -0.39 is 0 Å². The maximum Gasteiger partial charge on any atom is 0.349 e. The van der Waals surface area contributed by atoms with Crippen LogP contribution in [0.3, 0.4) is 0 Å². The minimum absolute atomic E-state index is 0.132. The molecule has 0 spiro atoms. The molecule has 0 aliphatic rings. The first-order chi connectivity index (χ1) is 8.43. The minimum Gasteiger partial charge on any atom is -0.369 e. The molecule has 2 rings (SSSR count). The summed E-state index contributed by atoms with van der Waals surface area (Å²) < 4.78 is 1.58. The highest BCUT2D eigenvalue weighted by molar-refractivity contribution is 7.99. The van der Waals surface area contributed by atoms with Crippen LogP contribution in [0, 0.1) is 6.92 Å². The number of thioether (sulfide) groups is 1. The van der Waals surface area contributed by atoms with Gasteiger partial charge in [-0.05, 0) is 27.0 Å². The van der Waals surface area contributed by atoms with Gasteiger partial charge in [-0.25, -0.2) is 19.3 Å². The van der Waals surface area contributed by atoms with Gasteiger partial charge in [-0.1, -0.05) is 0 Å². The van der Waals surface area contributed by atoms with Gasteiger partial charge >= 0.3 is 5.69 Å². The number of nitrogens with zero attached hydrogens (tertiary/aromatic N) is 3. The number of hydrogen-bond acceptors (Lipinski definition) is 5. The van der Waals surface area contributed by atoms with Crippen molar-refractivity contribution in [1.29, 1.82) is 0 Å². The molecule has 18 heavy (non-hydrogen) atoms. The monoisotopic (exact) mass is 267 g/mol. The van der Waals surface area contributed by atoms with Crippen molar-refractivity contribution in [1.82, 2.24) is 19.6 Å². The summed E-state index contributed by atoms with van der Waals surface area (Å²) in [5, 5.41) is 9.64. The topological polar surface area (TPSA) is 75.1 Å². The van der Waals surface area contributed by atoms with Gasteiger partial charge in [-0.15, -0.1) is 0 Å². The summed E-state index contributed by atoms with van der Waals surface area (Å²) in [6.45, 7) is 6.91. The molecule has 2 N–H and O–H groups in total. The van der Waals surface area contributed by atoms with Gasteiger partial charge in [0.15, 0.2) is 5.65 Å². The van der Waals surface area contributed by atoms with Crippen molar-refractivity contribution in [2.45, 2.75) is 25.5 Å². The van der Waals surface area contributed by atoms with Crippen molar-refractivity contribution in [2.24, 2.45) is 0 Å². The second-order valence-electron chi connectivity index (χ2n) is 4.73. The van der Waals surface area contributed by atoms with Gasteiger partial charge in [0.2, 0.25) is 0 Å². The Morgan fingerprint density at radius 1 is 1.56 bits per heavy atom. The molecule has 2 aromatic heterocycles. The van der Waals surface area contributed by atoms with E-state index in [4.69, 9.17) is 0 Å². The molecule has 0 fully saturated rings. The zero-order valence-corrected chi connectivity index (χ0v) is 11.8. The molecule has 6 nitrogen and oxygen atoms in total. The van der Waals surface area contributed by atoms with Crippen LogP contribution in [-0.2, 0) is 0 Å². The van der Waals surface area contributed by atoms with Crippen LogP contribution >= 0.6 is 11.8 Å². The van der Waals surface area contributed by atoms with Crippen LogP contribution in [0.25, 0.3) is 5.65 Å². The minimum atomic E-state index is -0.258. The highest BCUT2D eigenvalue weighted by Gasteiger charge is 2.16. The molecular formula is C11H17N5OS. The van der Waals surface area contributed by atoms with Crippen molar-refractivity contribution in [3.63, 3.8) is 0 Å². The van der Waals surface area contributed by atoms with E-state index in [-0.39, 0.29) is 10.4 Å². The molecule has 0 saturated heterocycles. The number of aryl methyl sites for hydroxylation is 1. The van der Waals surface area contributed by atoms with Crippen molar-refractivity contribution >= 4 is 23.2 Å². The molecule has 0 aromatic carbocycles. The molecule has 0 atom stereocenters. The van der Waals surface area contributed by atoms with E-state index in [1.54, 1.807) is 24.8 Å². The Hall–Kier alpha value is -1.50. The first-order valence-electron chi connectivity index (χ1n) is 5.67. The number of H-pyrrole nitrogens is 1. The van der Waals surface area contributed by atoms with Gasteiger partial charge in [0.25, 0.3) is 0 Å². The first kappa shape index (κ1) is 12.9. The number of aromatic amines is 1. The number of fused-ring (bicyclic) bond motifs is 1. The third kappa shape index (κ3) is 2.50. The molecule has 0 bridgehead atoms. The maximum absolute atomic E-state index is 11.5. The Kier molecular flexibility index (Phi) is 3.34. The summed E-state index contributed by atoms with van der Waals surface area (Å²) in [5.74, 6) is 1.36. The second kappa shape index (κ2) is 4.64. The average Bonchev–Trinajstić information content (AvgIpc) is 2.69. The Morgan fingerprint density at radius 2 is 2.28 bits per heavy atom. The molecule has 0 radical (unpaired) electrons. The number of hydrogen-bond donors (Lipinski definition) is 2. The number of anilines is 1. The fraction of sp³-hybridized carbons (Fsp3) is 0.545. The molecule has 98 valence electrons. The van der Waals surface area contributed by atoms with Gasteiger partial charge < -0.3 is 5.32 Å². The third-order valence-electron chi connectivity index (χ3n) is 2.82. The van der Waals surface area contributed by atoms with Crippen LogP contribution < -0.4 is 11.0 Å². The molecule has 0 saturated carbocycles. The number of nitrogens with one attached hydrogen (secondary N) is 2. The lowest BCUT2D eigenvalue weighted by molar-refractivity contribution is 0.748. The Morgan fingerprint density at radius 3 is 2.94 bits per heavy atom. The van der Waals surface area contributed by atoms with Crippen LogP contribution in [0.15, 0.2) is 10.9 Å². The molecule has 7 heteroatoms. The highest BCUT2D eigenvalue weighted by Crippen LogP contribution is 2.21. The molecular weight excluding hydrogens is 250 g/mol. The van der Waals surface area contributed by atoms with Crippen LogP contribution in [0.5, 0.6) is 0 Å². The molecule has 0 amide bonds. The van der Waals surface area contributed by atoms with E-state index in [0.29, 0.717) is 11.5 Å².